The van der Waals surface area contributed by atoms with Crippen LogP contribution in [0.25, 0.3) is 11.3 Å². The number of hydrogen-bond acceptors (Lipinski definition) is 6. The Bertz CT molecular complexity index is 1370. The molecule has 1 atom stereocenters. The molecule has 10 heteroatoms. The van der Waals surface area contributed by atoms with Crippen molar-refractivity contribution in [3.8, 4) is 22.8 Å². The van der Waals surface area contributed by atoms with E-state index in [-0.39, 0.29) is 17.9 Å². The SMILES string of the molecule is C=CC(=O)N1CCCC[C@@H]1COc1cnccc1-c1[nH]c2c(c1Nc1cccc(Cl)c1OC)C(=O)NCC2. The maximum absolute atomic E-state index is 13.0. The number of carbonyl (C=O) groups is 2. The lowest BCUT2D eigenvalue weighted by Crippen LogP contribution is -2.46. The quantitative estimate of drug-likeness (QED) is 0.360. The summed E-state index contributed by atoms with van der Waals surface area (Å²) in [6.45, 7) is 5.19. The Hall–Kier alpha value is -3.98. The van der Waals surface area contributed by atoms with Crippen LogP contribution in [0.1, 0.15) is 35.3 Å². The van der Waals surface area contributed by atoms with Crippen LogP contribution in [0.3, 0.4) is 0 Å². The average molecular weight is 536 g/mol. The molecule has 3 aromatic rings. The van der Waals surface area contributed by atoms with Gasteiger partial charge in [-0.2, -0.15) is 0 Å². The number of likely N-dealkylation sites (tertiary alicyclic amines) is 1. The highest BCUT2D eigenvalue weighted by Crippen LogP contribution is 2.43. The first-order chi connectivity index (χ1) is 18.5. The number of carbonyl (C=O) groups excluding carboxylic acids is 2. The Labute approximate surface area is 226 Å². The summed E-state index contributed by atoms with van der Waals surface area (Å²) in [6.07, 6.45) is 8.19. The van der Waals surface area contributed by atoms with Gasteiger partial charge >= 0.3 is 0 Å². The number of nitrogens with one attached hydrogen (secondary N) is 3. The number of anilines is 2. The molecule has 2 aromatic heterocycles. The molecule has 1 fully saturated rings. The van der Waals surface area contributed by atoms with Gasteiger partial charge in [-0.1, -0.05) is 24.2 Å². The molecule has 4 heterocycles. The first-order valence-corrected chi connectivity index (χ1v) is 13.0. The monoisotopic (exact) mass is 535 g/mol. The molecule has 2 aliphatic heterocycles. The average Bonchev–Trinajstić information content (AvgIpc) is 3.31. The second kappa shape index (κ2) is 11.2. The van der Waals surface area contributed by atoms with E-state index in [9.17, 15) is 9.59 Å². The molecule has 0 aliphatic carbocycles. The molecule has 198 valence electrons. The fourth-order valence-electron chi connectivity index (χ4n) is 5.12. The van der Waals surface area contributed by atoms with E-state index in [2.05, 4.69) is 27.2 Å². The van der Waals surface area contributed by atoms with Crippen molar-refractivity contribution >= 4 is 34.8 Å². The van der Waals surface area contributed by atoms with Crippen LogP contribution in [-0.4, -0.2) is 59.5 Å². The molecule has 2 aliphatic rings. The smallest absolute Gasteiger partial charge is 0.255 e. The second-order valence-electron chi connectivity index (χ2n) is 9.25. The number of para-hydroxylation sites is 1. The lowest BCUT2D eigenvalue weighted by molar-refractivity contribution is -0.130. The van der Waals surface area contributed by atoms with Gasteiger partial charge in [-0.05, 0) is 43.5 Å². The maximum atomic E-state index is 13.0. The van der Waals surface area contributed by atoms with Gasteiger partial charge < -0.3 is 30.0 Å². The Balaban J connectivity index is 1.52. The van der Waals surface area contributed by atoms with Crippen molar-refractivity contribution in [2.75, 3.05) is 32.1 Å². The third-order valence-corrected chi connectivity index (χ3v) is 7.26. The zero-order chi connectivity index (χ0) is 26.6. The lowest BCUT2D eigenvalue weighted by atomic mass is 10.0. The van der Waals surface area contributed by atoms with E-state index >= 15 is 0 Å². The minimum atomic E-state index is -0.172. The molecule has 3 N–H and O–H groups in total. The van der Waals surface area contributed by atoms with Crippen molar-refractivity contribution in [2.24, 2.45) is 0 Å². The predicted octanol–water partition coefficient (Wildman–Crippen LogP) is 4.71. The molecule has 38 heavy (non-hydrogen) atoms. The Kier molecular flexibility index (Phi) is 7.55. The molecule has 1 saturated heterocycles. The van der Waals surface area contributed by atoms with Crippen LogP contribution in [0, 0.1) is 0 Å². The first-order valence-electron chi connectivity index (χ1n) is 12.6. The number of benzene rings is 1. The summed E-state index contributed by atoms with van der Waals surface area (Å²) in [5, 5.41) is 6.77. The van der Waals surface area contributed by atoms with Gasteiger partial charge in [0.15, 0.2) is 5.75 Å². The van der Waals surface area contributed by atoms with E-state index in [1.54, 1.807) is 25.6 Å². The minimum Gasteiger partial charge on any atom is -0.493 e. The number of halogens is 1. The minimum absolute atomic E-state index is 0.0572. The summed E-state index contributed by atoms with van der Waals surface area (Å²) in [5.74, 6) is 0.759. The highest BCUT2D eigenvalue weighted by molar-refractivity contribution is 6.32. The second-order valence-corrected chi connectivity index (χ2v) is 9.66. The van der Waals surface area contributed by atoms with Gasteiger partial charge in [0.2, 0.25) is 5.91 Å². The number of rotatable bonds is 8. The summed E-state index contributed by atoms with van der Waals surface area (Å²) in [4.78, 5) is 34.9. The molecule has 0 spiro atoms. The van der Waals surface area contributed by atoms with Crippen molar-refractivity contribution in [3.63, 3.8) is 0 Å². The summed E-state index contributed by atoms with van der Waals surface area (Å²) < 4.78 is 11.8. The lowest BCUT2D eigenvalue weighted by Gasteiger charge is -2.35. The van der Waals surface area contributed by atoms with Crippen LogP contribution in [-0.2, 0) is 11.2 Å². The highest BCUT2D eigenvalue weighted by Gasteiger charge is 2.30. The van der Waals surface area contributed by atoms with Gasteiger partial charge in [0.05, 0.1) is 47.0 Å². The van der Waals surface area contributed by atoms with E-state index in [1.165, 1.54) is 6.08 Å². The molecule has 0 saturated carbocycles. The van der Waals surface area contributed by atoms with E-state index in [0.717, 1.165) is 30.5 Å². The normalized spacial score (nSPS) is 16.8. The fraction of sp³-hybridized carbons (Fsp3) is 0.321. The summed E-state index contributed by atoms with van der Waals surface area (Å²) in [7, 11) is 1.55. The molecule has 1 aromatic carbocycles. The third kappa shape index (κ3) is 4.93. The third-order valence-electron chi connectivity index (χ3n) is 6.97. The zero-order valence-corrected chi connectivity index (χ0v) is 21.9. The molecule has 0 bridgehead atoms. The number of ether oxygens (including phenoxy) is 2. The van der Waals surface area contributed by atoms with Crippen molar-refractivity contribution in [3.05, 3.63) is 65.6 Å². The van der Waals surface area contributed by atoms with Crippen LogP contribution < -0.4 is 20.1 Å². The number of piperidine rings is 1. The number of H-pyrrole nitrogens is 1. The van der Waals surface area contributed by atoms with Crippen molar-refractivity contribution in [1.29, 1.82) is 0 Å². The summed E-state index contributed by atoms with van der Waals surface area (Å²) >= 11 is 6.37. The standard InChI is InChI=1S/C28H30ClN5O4/c1-3-23(35)34-14-5-4-7-17(34)16-38-22-15-30-12-10-18(22)25-26(24-20(32-25)11-13-31-28(24)36)33-21-9-6-8-19(29)27(21)37-2/h3,6,8-10,12,15,17,32-33H,1,4-5,7,11,13-14,16H2,2H3,(H,31,36)/t17-/m1/s1. The topological polar surface area (TPSA) is 109 Å². The number of fused-ring (bicyclic) bond motifs is 1. The van der Waals surface area contributed by atoms with Crippen LogP contribution in [0.4, 0.5) is 11.4 Å². The van der Waals surface area contributed by atoms with Gasteiger partial charge in [-0.25, -0.2) is 0 Å². The molecular weight excluding hydrogens is 506 g/mol. The summed E-state index contributed by atoms with van der Waals surface area (Å²) in [6, 6.07) is 7.18. The number of pyridine rings is 1. The first kappa shape index (κ1) is 25.7. The van der Waals surface area contributed by atoms with Crippen molar-refractivity contribution in [2.45, 2.75) is 31.7 Å². The molecule has 2 amide bonds. The number of nitrogens with zero attached hydrogens (tertiary/aromatic N) is 2. The summed E-state index contributed by atoms with van der Waals surface area (Å²) in [5.41, 5.74) is 4.00. The predicted molar refractivity (Wildman–Crippen MR) is 146 cm³/mol. The Morgan fingerprint density at radius 1 is 1.34 bits per heavy atom. The van der Waals surface area contributed by atoms with Crippen LogP contribution in [0.2, 0.25) is 5.02 Å². The van der Waals surface area contributed by atoms with E-state index in [0.29, 0.717) is 65.3 Å². The number of methoxy groups -OCH3 is 1. The number of amides is 2. The Morgan fingerprint density at radius 3 is 3.03 bits per heavy atom. The molecule has 0 unspecified atom stereocenters. The van der Waals surface area contributed by atoms with Crippen LogP contribution in [0.5, 0.6) is 11.5 Å². The molecule has 5 rings (SSSR count). The number of aromatic nitrogens is 2. The fourth-order valence-corrected chi connectivity index (χ4v) is 5.38. The van der Waals surface area contributed by atoms with Crippen molar-refractivity contribution < 1.29 is 19.1 Å². The molecular formula is C28H30ClN5O4. The van der Waals surface area contributed by atoms with Gasteiger partial charge in [0, 0.05) is 37.0 Å². The van der Waals surface area contributed by atoms with Crippen LogP contribution in [0.15, 0.2) is 49.3 Å². The van der Waals surface area contributed by atoms with Gasteiger partial charge in [0.1, 0.15) is 12.4 Å². The maximum Gasteiger partial charge on any atom is 0.255 e. The van der Waals surface area contributed by atoms with Crippen LogP contribution >= 0.6 is 11.6 Å². The van der Waals surface area contributed by atoms with Gasteiger partial charge in [-0.3, -0.25) is 14.6 Å². The van der Waals surface area contributed by atoms with Gasteiger partial charge in [-0.15, -0.1) is 0 Å². The van der Waals surface area contributed by atoms with E-state index < -0.39 is 0 Å². The van der Waals surface area contributed by atoms with Crippen molar-refractivity contribution in [1.82, 2.24) is 20.2 Å². The highest BCUT2D eigenvalue weighted by atomic mass is 35.5. The molecule has 9 nitrogen and oxygen atoms in total. The largest absolute Gasteiger partial charge is 0.493 e. The van der Waals surface area contributed by atoms with Gasteiger partial charge in [0.25, 0.3) is 5.91 Å². The zero-order valence-electron chi connectivity index (χ0n) is 21.2. The van der Waals surface area contributed by atoms with E-state index in [1.807, 2.05) is 23.1 Å². The Morgan fingerprint density at radius 2 is 2.21 bits per heavy atom. The number of hydrogen-bond donors (Lipinski definition) is 3. The van der Waals surface area contributed by atoms with E-state index in [4.69, 9.17) is 21.1 Å². The number of aromatic amines is 1. The molecule has 0 radical (unpaired) electrons.